The van der Waals surface area contributed by atoms with Crippen LogP contribution in [0.2, 0.25) is 0 Å². The molecule has 6 N–H and O–H groups in total. The number of aliphatic hydroxyl groups excluding tert-OH is 5. The highest BCUT2D eigenvalue weighted by molar-refractivity contribution is 5.91. The van der Waals surface area contributed by atoms with Crippen LogP contribution in [0.5, 0.6) is 0 Å². The Bertz CT molecular complexity index is 1420. The molecule has 12 nitrogen and oxygen atoms in total. The standard InChI is InChI=1S/C45H74O12/c1-12-33-17-15-13-14-16-26(4)42(52)44(11,54)43(53)31(9)40(51)30(8)39(50)29(7)38(49)25(3)18-19-37(48)55-41-28(6)36(23-34(33)47)57-45(32(41)10)21-20-24(2)35(56-45)22-27(5)46/h13-15,17-19,24-36,38,40-42,46-47,49,51-52,54H,12,16,20-23H2,1-11H3/b14-13-,17-15-,19-18-/t24-,25-,26+,27+,28+,29-,30-,31-,32-,33+,34?,35-,36-,38+,40+,41+,42-,44+,45-/m0/s1. The lowest BCUT2D eigenvalue weighted by molar-refractivity contribution is -0.372. The molecule has 0 aromatic heterocycles. The SMILES string of the molecule is CC[C@@H]1/C=C\C=C/C[C@@H](C)[C@H](O)[C@@](C)(O)C(=O)[C@@H](C)[C@H](O)[C@@H](C)C(=O)[C@@H](C)[C@H](O)[C@@H](C)/C=C\C(=O)O[C@@H]2[C@H](C)[C@H](CC1O)O[C@@]1(CC[C@H](C)[C@H](C[C@@H](C)O)O1)[C@H]2C. The van der Waals surface area contributed by atoms with Crippen molar-refractivity contribution in [2.75, 3.05) is 0 Å². The first kappa shape index (κ1) is 49.1. The lowest BCUT2D eigenvalue weighted by Crippen LogP contribution is -2.62. The zero-order chi connectivity index (χ0) is 43.2. The van der Waals surface area contributed by atoms with E-state index in [4.69, 9.17) is 14.2 Å². The van der Waals surface area contributed by atoms with Gasteiger partial charge in [-0.15, -0.1) is 0 Å². The van der Waals surface area contributed by atoms with Crippen molar-refractivity contribution in [3.8, 4) is 0 Å². The Kier molecular flexibility index (Phi) is 17.9. The number of ether oxygens (including phenoxy) is 3. The third-order valence-corrected chi connectivity index (χ3v) is 13.5. The van der Waals surface area contributed by atoms with Crippen molar-refractivity contribution in [1.29, 1.82) is 0 Å². The fraction of sp³-hybridized carbons (Fsp3) is 0.800. The van der Waals surface area contributed by atoms with Gasteiger partial charge < -0.3 is 44.8 Å². The minimum absolute atomic E-state index is 0.164. The predicted octanol–water partition coefficient (Wildman–Crippen LogP) is 4.85. The van der Waals surface area contributed by atoms with Gasteiger partial charge in [-0.1, -0.05) is 92.7 Å². The molecule has 0 aromatic carbocycles. The Morgan fingerprint density at radius 3 is 2.11 bits per heavy atom. The maximum atomic E-state index is 13.5. The van der Waals surface area contributed by atoms with E-state index in [0.29, 0.717) is 25.7 Å². The largest absolute Gasteiger partial charge is 0.458 e. The molecule has 0 aliphatic carbocycles. The Balaban J connectivity index is 2.02. The molecule has 0 saturated carbocycles. The van der Waals surface area contributed by atoms with Crippen molar-refractivity contribution in [3.63, 3.8) is 0 Å². The van der Waals surface area contributed by atoms with Crippen LogP contribution in [0.15, 0.2) is 36.5 Å². The van der Waals surface area contributed by atoms with Crippen molar-refractivity contribution in [1.82, 2.24) is 0 Å². The summed E-state index contributed by atoms with van der Waals surface area (Å²) >= 11 is 0. The van der Waals surface area contributed by atoms with E-state index in [2.05, 4.69) is 6.92 Å². The molecule has 12 heteroatoms. The van der Waals surface area contributed by atoms with Crippen molar-refractivity contribution in [2.24, 2.45) is 53.3 Å². The molecule has 2 saturated heterocycles. The second-order valence-electron chi connectivity index (χ2n) is 18.1. The number of fused-ring (bicyclic) bond motifs is 2. The van der Waals surface area contributed by atoms with Crippen LogP contribution in [0.4, 0.5) is 0 Å². The summed E-state index contributed by atoms with van der Waals surface area (Å²) in [5.41, 5.74) is -2.22. The van der Waals surface area contributed by atoms with Gasteiger partial charge >= 0.3 is 5.97 Å². The summed E-state index contributed by atoms with van der Waals surface area (Å²) in [6, 6.07) is 0. The van der Waals surface area contributed by atoms with Gasteiger partial charge in [0.25, 0.3) is 0 Å². The third-order valence-electron chi connectivity index (χ3n) is 13.5. The first-order valence-electron chi connectivity index (χ1n) is 21.3. The fourth-order valence-electron chi connectivity index (χ4n) is 9.07. The van der Waals surface area contributed by atoms with Crippen LogP contribution in [0.1, 0.15) is 115 Å². The highest BCUT2D eigenvalue weighted by atomic mass is 16.7. The summed E-state index contributed by atoms with van der Waals surface area (Å²) in [6.45, 7) is 18.6. The number of Topliss-reactive ketones (excluding diaryl/α,β-unsaturated/α-hetero) is 2. The average molecular weight is 807 g/mol. The molecule has 3 rings (SSSR count). The maximum absolute atomic E-state index is 13.5. The molecule has 3 aliphatic rings. The first-order valence-corrected chi connectivity index (χ1v) is 21.3. The van der Waals surface area contributed by atoms with Crippen molar-refractivity contribution in [2.45, 2.75) is 175 Å². The summed E-state index contributed by atoms with van der Waals surface area (Å²) < 4.78 is 19.8. The molecule has 0 amide bonds. The highest BCUT2D eigenvalue weighted by Crippen LogP contribution is 2.49. The molecule has 0 radical (unpaired) electrons. The van der Waals surface area contributed by atoms with Crippen molar-refractivity contribution >= 4 is 17.5 Å². The normalized spacial score (nSPS) is 47.5. The van der Waals surface area contributed by atoms with Crippen LogP contribution in [-0.2, 0) is 28.6 Å². The Hall–Kier alpha value is -2.29. The second kappa shape index (κ2) is 20.8. The van der Waals surface area contributed by atoms with Crippen molar-refractivity contribution in [3.05, 3.63) is 36.5 Å². The Morgan fingerprint density at radius 1 is 0.860 bits per heavy atom. The molecular formula is C45H74O12. The van der Waals surface area contributed by atoms with E-state index in [1.54, 1.807) is 32.9 Å². The van der Waals surface area contributed by atoms with E-state index in [1.807, 2.05) is 32.9 Å². The summed E-state index contributed by atoms with van der Waals surface area (Å²) in [7, 11) is 0. The predicted molar refractivity (Wildman–Crippen MR) is 216 cm³/mol. The molecule has 326 valence electrons. The number of allylic oxidation sites excluding steroid dienone is 3. The van der Waals surface area contributed by atoms with E-state index in [-0.39, 0.29) is 30.3 Å². The summed E-state index contributed by atoms with van der Waals surface area (Å²) in [6.07, 6.45) is 5.74. The Labute approximate surface area is 340 Å². The fourth-order valence-corrected chi connectivity index (χ4v) is 9.07. The number of carbonyl (C=O) groups excluding carboxylic acids is 3. The molecule has 57 heavy (non-hydrogen) atoms. The second-order valence-corrected chi connectivity index (χ2v) is 18.1. The highest BCUT2D eigenvalue weighted by Gasteiger charge is 2.56. The van der Waals surface area contributed by atoms with Crippen LogP contribution in [-0.4, -0.2) is 108 Å². The van der Waals surface area contributed by atoms with E-state index in [0.717, 1.165) is 6.42 Å². The summed E-state index contributed by atoms with van der Waals surface area (Å²) in [4.78, 5) is 40.6. The van der Waals surface area contributed by atoms with Gasteiger partial charge in [-0.3, -0.25) is 9.59 Å². The lowest BCUT2D eigenvalue weighted by Gasteiger charge is -2.55. The molecule has 3 heterocycles. The van der Waals surface area contributed by atoms with Crippen molar-refractivity contribution < 1.29 is 59.2 Å². The maximum Gasteiger partial charge on any atom is 0.330 e. The Morgan fingerprint density at radius 2 is 1.49 bits per heavy atom. The summed E-state index contributed by atoms with van der Waals surface area (Å²) in [5, 5.41) is 66.7. The molecule has 0 aromatic rings. The van der Waals surface area contributed by atoms with E-state index in [9.17, 15) is 45.0 Å². The number of hydrogen-bond acceptors (Lipinski definition) is 12. The van der Waals surface area contributed by atoms with Gasteiger partial charge in [0.15, 0.2) is 11.6 Å². The minimum Gasteiger partial charge on any atom is -0.458 e. The van der Waals surface area contributed by atoms with Crippen LogP contribution in [0.3, 0.4) is 0 Å². The van der Waals surface area contributed by atoms with E-state index >= 15 is 0 Å². The molecular weight excluding hydrogens is 732 g/mol. The zero-order valence-corrected chi connectivity index (χ0v) is 36.2. The van der Waals surface area contributed by atoms with Gasteiger partial charge in [-0.25, -0.2) is 4.79 Å². The molecule has 3 aliphatic heterocycles. The number of ketones is 2. The van der Waals surface area contributed by atoms with Gasteiger partial charge in [-0.05, 0) is 51.4 Å². The quantitative estimate of drug-likeness (QED) is 0.212. The zero-order valence-electron chi connectivity index (χ0n) is 36.2. The lowest BCUT2D eigenvalue weighted by atomic mass is 9.74. The van der Waals surface area contributed by atoms with Gasteiger partial charge in [-0.2, -0.15) is 0 Å². The number of esters is 1. The molecule has 1 spiro atoms. The molecule has 19 atom stereocenters. The monoisotopic (exact) mass is 807 g/mol. The van der Waals surface area contributed by atoms with Gasteiger partial charge in [0, 0.05) is 60.3 Å². The topological polar surface area (TPSA) is 200 Å². The number of carbonyl (C=O) groups is 3. The van der Waals surface area contributed by atoms with Gasteiger partial charge in [0.2, 0.25) is 0 Å². The average Bonchev–Trinajstić information content (AvgIpc) is 3.17. The van der Waals surface area contributed by atoms with Crippen LogP contribution < -0.4 is 0 Å². The first-order chi connectivity index (χ1) is 26.5. The molecule has 2 bridgehead atoms. The molecule has 2 fully saturated rings. The number of hydrogen-bond donors (Lipinski definition) is 6. The van der Waals surface area contributed by atoms with Crippen LogP contribution in [0.25, 0.3) is 0 Å². The van der Waals surface area contributed by atoms with Crippen LogP contribution in [0, 0.1) is 53.3 Å². The molecule has 1 unspecified atom stereocenters. The van der Waals surface area contributed by atoms with E-state index < -0.39 is 107 Å². The number of rotatable bonds is 3. The van der Waals surface area contributed by atoms with E-state index in [1.165, 1.54) is 39.8 Å². The van der Waals surface area contributed by atoms with Gasteiger partial charge in [0.1, 0.15) is 17.5 Å². The smallest absolute Gasteiger partial charge is 0.330 e. The van der Waals surface area contributed by atoms with Gasteiger partial charge in [0.05, 0.1) is 42.7 Å². The number of aliphatic hydroxyl groups is 6. The third kappa shape index (κ3) is 11.7. The summed E-state index contributed by atoms with van der Waals surface area (Å²) in [5.74, 6) is -8.49. The van der Waals surface area contributed by atoms with Crippen LogP contribution >= 0.6 is 0 Å². The minimum atomic E-state index is -2.22.